The van der Waals surface area contributed by atoms with Gasteiger partial charge >= 0.3 is 0 Å². The van der Waals surface area contributed by atoms with E-state index in [1.54, 1.807) is 0 Å². The molecule has 1 aliphatic carbocycles. The zero-order valence-corrected chi connectivity index (χ0v) is 14.6. The summed E-state index contributed by atoms with van der Waals surface area (Å²) in [5.41, 5.74) is 6.55. The molecule has 0 amide bonds. The monoisotopic (exact) mass is 314 g/mol. The summed E-state index contributed by atoms with van der Waals surface area (Å²) in [6, 6.07) is 0. The normalized spacial score (nSPS) is 28.1. The first-order valence-electron chi connectivity index (χ1n) is 8.86. The van der Waals surface area contributed by atoms with Gasteiger partial charge in [-0.1, -0.05) is 46.5 Å². The summed E-state index contributed by atoms with van der Waals surface area (Å²) in [4.78, 5) is 14.7. The van der Waals surface area contributed by atoms with E-state index in [4.69, 9.17) is 5.73 Å². The molecule has 0 radical (unpaired) electrons. The lowest BCUT2D eigenvalue weighted by Crippen LogP contribution is -2.38. The molecule has 1 saturated carbocycles. The number of nitrogens with two attached hydrogens (primary N) is 1. The van der Waals surface area contributed by atoms with Crippen molar-refractivity contribution in [3.63, 3.8) is 0 Å². The molecule has 0 aromatic rings. The first kappa shape index (κ1) is 19.2. The third-order valence-electron chi connectivity index (χ3n) is 5.78. The van der Waals surface area contributed by atoms with E-state index in [-0.39, 0.29) is 12.0 Å². The first-order chi connectivity index (χ1) is 10.4. The van der Waals surface area contributed by atoms with Gasteiger partial charge < -0.3 is 10.6 Å². The van der Waals surface area contributed by atoms with Crippen LogP contribution < -0.4 is 5.73 Å². The van der Waals surface area contributed by atoms with Crippen LogP contribution in [0.25, 0.3) is 0 Å². The summed E-state index contributed by atoms with van der Waals surface area (Å²) < 4.78 is 0. The van der Waals surface area contributed by atoms with Crippen LogP contribution in [0.2, 0.25) is 0 Å². The topological polar surface area (TPSA) is 78.4 Å². The molecule has 0 saturated heterocycles. The van der Waals surface area contributed by atoms with Gasteiger partial charge in [0.05, 0.1) is 6.61 Å². The molecule has 2 N–H and O–H groups in total. The van der Waals surface area contributed by atoms with Crippen molar-refractivity contribution in [2.24, 2.45) is 22.5 Å². The van der Waals surface area contributed by atoms with Crippen molar-refractivity contribution < 1.29 is 9.92 Å². The predicted octanol–water partition coefficient (Wildman–Crippen LogP) is 4.33. The Hall–Kier alpha value is -0.840. The Morgan fingerprint density at radius 3 is 2.73 bits per heavy atom. The molecule has 0 spiro atoms. The molecule has 1 fully saturated rings. The van der Waals surface area contributed by atoms with E-state index in [1.807, 2.05) is 0 Å². The molecule has 130 valence electrons. The maximum absolute atomic E-state index is 10.2. The molecule has 0 aliphatic heterocycles. The Labute approximate surface area is 135 Å². The van der Waals surface area contributed by atoms with E-state index in [2.05, 4.69) is 25.6 Å². The fourth-order valence-electron chi connectivity index (χ4n) is 4.34. The smallest absolute Gasteiger partial charge is 0.294 e. The second-order valence-electron chi connectivity index (χ2n) is 7.58. The highest BCUT2D eigenvalue weighted by Crippen LogP contribution is 2.50. The molecule has 0 aromatic heterocycles. The third kappa shape index (κ3) is 5.75. The minimum Gasteiger partial charge on any atom is -0.330 e. The van der Waals surface area contributed by atoms with Gasteiger partial charge in [-0.3, -0.25) is 0 Å². The van der Waals surface area contributed by atoms with Gasteiger partial charge in [-0.05, 0) is 55.4 Å². The van der Waals surface area contributed by atoms with E-state index in [0.717, 1.165) is 18.8 Å². The maximum atomic E-state index is 10.2. The first-order valence-corrected chi connectivity index (χ1v) is 8.86. The second kappa shape index (κ2) is 8.70. The van der Waals surface area contributed by atoms with Crippen LogP contribution in [0.1, 0.15) is 78.6 Å². The number of rotatable bonds is 10. The molecule has 1 rings (SSSR count). The SMILES string of the molecule is CCC1CCCC(CC)(CC(C)(CN)CCCO[N+](=O)[O-])C1. The molecule has 22 heavy (non-hydrogen) atoms. The Morgan fingerprint density at radius 2 is 2.18 bits per heavy atom. The van der Waals surface area contributed by atoms with E-state index >= 15 is 0 Å². The molecule has 1 aliphatic rings. The van der Waals surface area contributed by atoms with Gasteiger partial charge in [-0.2, -0.15) is 0 Å². The minimum absolute atomic E-state index is 0.0611. The Kier molecular flexibility index (Phi) is 7.60. The second-order valence-corrected chi connectivity index (χ2v) is 7.58. The van der Waals surface area contributed by atoms with Crippen LogP contribution in [0.5, 0.6) is 0 Å². The molecule has 0 heterocycles. The van der Waals surface area contributed by atoms with Crippen LogP contribution in [0.3, 0.4) is 0 Å². The van der Waals surface area contributed by atoms with Crippen LogP contribution in [0.15, 0.2) is 0 Å². The molecule has 5 nitrogen and oxygen atoms in total. The lowest BCUT2D eigenvalue weighted by Gasteiger charge is -2.46. The molecular formula is C17H34N2O3. The van der Waals surface area contributed by atoms with Crippen LogP contribution in [-0.2, 0) is 4.84 Å². The molecule has 5 heteroatoms. The van der Waals surface area contributed by atoms with E-state index in [0.29, 0.717) is 18.4 Å². The molecule has 0 bridgehead atoms. The highest BCUT2D eigenvalue weighted by Gasteiger charge is 2.39. The average molecular weight is 314 g/mol. The van der Waals surface area contributed by atoms with Crippen molar-refractivity contribution >= 4 is 0 Å². The summed E-state index contributed by atoms with van der Waals surface area (Å²) in [6.45, 7) is 7.67. The minimum atomic E-state index is -0.708. The highest BCUT2D eigenvalue weighted by atomic mass is 16.9. The summed E-state index contributed by atoms with van der Waals surface area (Å²) >= 11 is 0. The van der Waals surface area contributed by atoms with Gasteiger partial charge in [0.2, 0.25) is 0 Å². The summed E-state index contributed by atoms with van der Waals surface area (Å²) in [5, 5.41) is 9.53. The van der Waals surface area contributed by atoms with Crippen molar-refractivity contribution in [3.05, 3.63) is 10.1 Å². The van der Waals surface area contributed by atoms with E-state index < -0.39 is 5.09 Å². The quantitative estimate of drug-likeness (QED) is 0.370. The van der Waals surface area contributed by atoms with Crippen molar-refractivity contribution in [2.45, 2.75) is 78.6 Å². The van der Waals surface area contributed by atoms with Crippen LogP contribution in [-0.4, -0.2) is 18.2 Å². The summed E-state index contributed by atoms with van der Waals surface area (Å²) in [5.74, 6) is 0.855. The Balaban J connectivity index is 2.61. The highest BCUT2D eigenvalue weighted by molar-refractivity contribution is 4.91. The van der Waals surface area contributed by atoms with Crippen molar-refractivity contribution in [1.82, 2.24) is 0 Å². The van der Waals surface area contributed by atoms with Crippen molar-refractivity contribution in [2.75, 3.05) is 13.2 Å². The maximum Gasteiger partial charge on any atom is 0.294 e. The number of nitrogens with zero attached hydrogens (tertiary/aromatic N) is 1. The van der Waals surface area contributed by atoms with Gasteiger partial charge in [0.25, 0.3) is 5.09 Å². The lowest BCUT2D eigenvalue weighted by atomic mass is 9.60. The van der Waals surface area contributed by atoms with Gasteiger partial charge in [0, 0.05) is 0 Å². The van der Waals surface area contributed by atoms with Crippen molar-refractivity contribution in [3.8, 4) is 0 Å². The van der Waals surface area contributed by atoms with Crippen LogP contribution in [0, 0.1) is 26.9 Å². The van der Waals surface area contributed by atoms with Gasteiger partial charge in [0.1, 0.15) is 0 Å². The average Bonchev–Trinajstić information content (AvgIpc) is 2.51. The standard InChI is InChI=1S/C17H34N2O3/c1-4-15-8-6-10-17(5-2,12-15)13-16(3,14-18)9-7-11-22-19(20)21/h15H,4-14,18H2,1-3H3. The van der Waals surface area contributed by atoms with E-state index in [1.165, 1.54) is 38.5 Å². The van der Waals surface area contributed by atoms with Crippen molar-refractivity contribution in [1.29, 1.82) is 0 Å². The lowest BCUT2D eigenvalue weighted by molar-refractivity contribution is -0.757. The zero-order valence-electron chi connectivity index (χ0n) is 14.6. The number of hydrogen-bond donors (Lipinski definition) is 1. The molecule has 0 aromatic carbocycles. The predicted molar refractivity (Wildman–Crippen MR) is 88.9 cm³/mol. The van der Waals surface area contributed by atoms with Gasteiger partial charge in [-0.15, -0.1) is 10.1 Å². The zero-order chi connectivity index (χ0) is 16.6. The van der Waals surface area contributed by atoms with Gasteiger partial charge in [0.15, 0.2) is 0 Å². The Bertz CT molecular complexity index is 351. The largest absolute Gasteiger partial charge is 0.330 e. The molecule has 3 atom stereocenters. The summed E-state index contributed by atoms with van der Waals surface area (Å²) in [7, 11) is 0. The fourth-order valence-corrected chi connectivity index (χ4v) is 4.34. The van der Waals surface area contributed by atoms with Crippen LogP contribution >= 0.6 is 0 Å². The molecule has 3 unspecified atom stereocenters. The van der Waals surface area contributed by atoms with E-state index in [9.17, 15) is 10.1 Å². The summed E-state index contributed by atoms with van der Waals surface area (Å²) in [6.07, 6.45) is 10.6. The fraction of sp³-hybridized carbons (Fsp3) is 1.00. The Morgan fingerprint density at radius 1 is 1.45 bits per heavy atom. The van der Waals surface area contributed by atoms with Crippen LogP contribution in [0.4, 0.5) is 0 Å². The van der Waals surface area contributed by atoms with Gasteiger partial charge in [-0.25, -0.2) is 0 Å². The number of hydrogen-bond acceptors (Lipinski definition) is 4. The third-order valence-corrected chi connectivity index (χ3v) is 5.78. The molecular weight excluding hydrogens is 280 g/mol.